The second-order valence-electron chi connectivity index (χ2n) is 4.31. The molecule has 0 heterocycles. The van der Waals surface area contributed by atoms with Gasteiger partial charge in [-0.15, -0.1) is 0 Å². The van der Waals surface area contributed by atoms with E-state index in [0.29, 0.717) is 11.1 Å². The molecule has 0 radical (unpaired) electrons. The highest BCUT2D eigenvalue weighted by Crippen LogP contribution is 2.31. The van der Waals surface area contributed by atoms with E-state index in [4.69, 9.17) is 9.11 Å². The third-order valence-corrected chi connectivity index (χ3v) is 4.57. The van der Waals surface area contributed by atoms with Crippen LogP contribution >= 0.6 is 0 Å². The predicted octanol–water partition coefficient (Wildman–Crippen LogP) is 1.97. The summed E-state index contributed by atoms with van der Waals surface area (Å²) in [4.78, 5) is -0.256. The Morgan fingerprint density at radius 1 is 1.15 bits per heavy atom. The molecule has 8 heteroatoms. The largest absolute Gasteiger partial charge is 0.294 e. The summed E-state index contributed by atoms with van der Waals surface area (Å²) in [5.41, 5.74) is 1.29. The molecule has 0 bridgehead atoms. The molecule has 0 saturated carbocycles. The summed E-state index contributed by atoms with van der Waals surface area (Å²) in [6, 6.07) is 7.54. The lowest BCUT2D eigenvalue weighted by Gasteiger charge is -2.17. The summed E-state index contributed by atoms with van der Waals surface area (Å²) in [5, 5.41) is 1.22. The van der Waals surface area contributed by atoms with Crippen LogP contribution in [0.1, 0.15) is 5.56 Å². The summed E-state index contributed by atoms with van der Waals surface area (Å²) in [6.45, 7) is 1.84. The quantitative estimate of drug-likeness (QED) is 0.667. The highest BCUT2D eigenvalue weighted by molar-refractivity contribution is 7.85. The Balaban J connectivity index is 2.83. The molecule has 2 N–H and O–H groups in total. The van der Waals surface area contributed by atoms with Gasteiger partial charge in [0.2, 0.25) is 0 Å². The molecule has 20 heavy (non-hydrogen) atoms. The van der Waals surface area contributed by atoms with Crippen molar-refractivity contribution in [1.29, 1.82) is 0 Å². The lowest BCUT2D eigenvalue weighted by Crippen LogP contribution is -2.19. The van der Waals surface area contributed by atoms with Crippen LogP contribution in [-0.2, 0) is 21.4 Å². The van der Waals surface area contributed by atoms with Crippen LogP contribution in [0.15, 0.2) is 35.2 Å². The van der Waals surface area contributed by atoms with Crippen LogP contribution in [0.2, 0.25) is 0 Å². The SMILES string of the molecule is Cc1ccc(N(C)S(=O)O)c2cc(S(=O)(=O)O)ccc12. The Hall–Kier alpha value is -1.48. The number of fused-ring (bicyclic) bond motifs is 1. The Morgan fingerprint density at radius 2 is 1.80 bits per heavy atom. The van der Waals surface area contributed by atoms with Crippen LogP contribution in [0.25, 0.3) is 10.8 Å². The lowest BCUT2D eigenvalue weighted by molar-refractivity contribution is 0.483. The average Bonchev–Trinajstić information content (AvgIpc) is 2.37. The molecular weight excluding hydrogens is 302 g/mol. The van der Waals surface area contributed by atoms with Gasteiger partial charge in [0.25, 0.3) is 21.4 Å². The third kappa shape index (κ3) is 2.68. The Labute approximate surface area is 119 Å². The van der Waals surface area contributed by atoms with Gasteiger partial charge >= 0.3 is 0 Å². The summed E-state index contributed by atoms with van der Waals surface area (Å²) < 4.78 is 53.0. The van der Waals surface area contributed by atoms with Crippen LogP contribution in [0.4, 0.5) is 5.69 Å². The van der Waals surface area contributed by atoms with Crippen LogP contribution in [0, 0.1) is 6.92 Å². The third-order valence-electron chi connectivity index (χ3n) is 3.05. The normalized spacial score (nSPS) is 13.4. The summed E-state index contributed by atoms with van der Waals surface area (Å²) >= 11 is -2.23. The molecule has 108 valence electrons. The monoisotopic (exact) mass is 315 g/mol. The van der Waals surface area contributed by atoms with Gasteiger partial charge in [-0.2, -0.15) is 8.42 Å². The van der Waals surface area contributed by atoms with Gasteiger partial charge in [0.15, 0.2) is 0 Å². The second-order valence-corrected chi connectivity index (χ2v) is 6.74. The van der Waals surface area contributed by atoms with E-state index >= 15 is 0 Å². The Kier molecular flexibility index (Phi) is 3.83. The molecule has 0 aliphatic carbocycles. The minimum absolute atomic E-state index is 0.256. The predicted molar refractivity (Wildman–Crippen MR) is 77.7 cm³/mol. The van der Waals surface area contributed by atoms with Crippen molar-refractivity contribution in [2.45, 2.75) is 11.8 Å². The van der Waals surface area contributed by atoms with Gasteiger partial charge in [0.1, 0.15) is 0 Å². The van der Waals surface area contributed by atoms with Crippen LogP contribution < -0.4 is 4.31 Å². The van der Waals surface area contributed by atoms with E-state index in [1.54, 1.807) is 18.2 Å². The first-order valence-corrected chi connectivity index (χ1v) is 8.08. The molecular formula is C12H13NO5S2. The highest BCUT2D eigenvalue weighted by atomic mass is 32.2. The van der Waals surface area contributed by atoms with Crippen molar-refractivity contribution in [3.63, 3.8) is 0 Å². The maximum atomic E-state index is 11.2. The minimum Gasteiger partial charge on any atom is -0.289 e. The van der Waals surface area contributed by atoms with Crippen molar-refractivity contribution in [3.8, 4) is 0 Å². The maximum Gasteiger partial charge on any atom is 0.294 e. The fourth-order valence-electron chi connectivity index (χ4n) is 1.98. The number of rotatable bonds is 3. The fraction of sp³-hybridized carbons (Fsp3) is 0.167. The molecule has 2 aromatic carbocycles. The fourth-order valence-corrected chi connectivity index (χ4v) is 2.82. The van der Waals surface area contributed by atoms with E-state index in [0.717, 1.165) is 15.3 Å². The average molecular weight is 315 g/mol. The van der Waals surface area contributed by atoms with Gasteiger partial charge in [-0.25, -0.2) is 4.21 Å². The Bertz CT molecular complexity index is 801. The zero-order valence-electron chi connectivity index (χ0n) is 10.8. The zero-order valence-corrected chi connectivity index (χ0v) is 12.4. The van der Waals surface area contributed by atoms with Gasteiger partial charge in [0.05, 0.1) is 10.6 Å². The maximum absolute atomic E-state index is 11.2. The number of aryl methyl sites for hydroxylation is 1. The molecule has 2 rings (SSSR count). The first kappa shape index (κ1) is 14.9. The first-order valence-electron chi connectivity index (χ1n) is 5.57. The van der Waals surface area contributed by atoms with Crippen LogP contribution in [0.5, 0.6) is 0 Å². The van der Waals surface area contributed by atoms with Gasteiger partial charge in [-0.3, -0.25) is 13.4 Å². The van der Waals surface area contributed by atoms with Crippen molar-refractivity contribution in [2.24, 2.45) is 0 Å². The van der Waals surface area contributed by atoms with Gasteiger partial charge in [-0.05, 0) is 36.1 Å². The van der Waals surface area contributed by atoms with Crippen molar-refractivity contribution in [3.05, 3.63) is 35.9 Å². The highest BCUT2D eigenvalue weighted by Gasteiger charge is 2.15. The van der Waals surface area contributed by atoms with Crippen molar-refractivity contribution >= 4 is 37.8 Å². The standard InChI is InChI=1S/C12H13NO5S2/c1-8-3-6-12(13(2)19(14)15)11-7-9(20(16,17)18)4-5-10(8)11/h3-7H,1-2H3,(H,14,15)(H,16,17,18). The van der Waals surface area contributed by atoms with Crippen molar-refractivity contribution in [2.75, 3.05) is 11.4 Å². The van der Waals surface area contributed by atoms with Crippen LogP contribution in [-0.4, -0.2) is 28.8 Å². The molecule has 6 nitrogen and oxygen atoms in total. The molecule has 1 atom stereocenters. The topological polar surface area (TPSA) is 94.9 Å². The van der Waals surface area contributed by atoms with E-state index in [1.165, 1.54) is 19.2 Å². The molecule has 0 aliphatic heterocycles. The van der Waals surface area contributed by atoms with Gasteiger partial charge in [-0.1, -0.05) is 12.1 Å². The van der Waals surface area contributed by atoms with E-state index in [-0.39, 0.29) is 4.90 Å². The molecule has 0 aliphatic rings. The molecule has 1 unspecified atom stereocenters. The van der Waals surface area contributed by atoms with Crippen molar-refractivity contribution in [1.82, 2.24) is 0 Å². The van der Waals surface area contributed by atoms with E-state index in [2.05, 4.69) is 0 Å². The van der Waals surface area contributed by atoms with E-state index in [9.17, 15) is 12.6 Å². The molecule has 0 fully saturated rings. The molecule has 0 amide bonds. The van der Waals surface area contributed by atoms with E-state index in [1.807, 2.05) is 6.92 Å². The second kappa shape index (κ2) is 5.13. The first-order chi connectivity index (χ1) is 9.21. The van der Waals surface area contributed by atoms with Gasteiger partial charge < -0.3 is 0 Å². The number of hydrogen-bond acceptors (Lipinski definition) is 3. The van der Waals surface area contributed by atoms with Gasteiger partial charge in [0, 0.05) is 12.4 Å². The summed E-state index contributed by atoms with van der Waals surface area (Å²) in [5.74, 6) is 0. The number of anilines is 1. The molecule has 0 spiro atoms. The molecule has 2 aromatic rings. The van der Waals surface area contributed by atoms with Crippen molar-refractivity contribution < 1.29 is 21.7 Å². The number of hydrogen-bond donors (Lipinski definition) is 2. The lowest BCUT2D eigenvalue weighted by atomic mass is 10.0. The summed E-state index contributed by atoms with van der Waals surface area (Å²) in [7, 11) is -2.91. The minimum atomic E-state index is -4.33. The Morgan fingerprint density at radius 3 is 2.35 bits per heavy atom. The smallest absolute Gasteiger partial charge is 0.289 e. The van der Waals surface area contributed by atoms with Crippen LogP contribution in [0.3, 0.4) is 0 Å². The number of benzene rings is 2. The molecule has 0 aromatic heterocycles. The number of nitrogens with zero attached hydrogens (tertiary/aromatic N) is 1. The summed E-state index contributed by atoms with van der Waals surface area (Å²) in [6.07, 6.45) is 0. The van der Waals surface area contributed by atoms with E-state index < -0.39 is 21.4 Å². The zero-order chi connectivity index (χ0) is 15.1. The molecule has 0 saturated heterocycles.